The molecule has 2 N–H and O–H groups in total. The van der Waals surface area contributed by atoms with E-state index in [0.717, 1.165) is 11.4 Å². The maximum absolute atomic E-state index is 13.0. The zero-order valence-corrected chi connectivity index (χ0v) is 20.5. The lowest BCUT2D eigenvalue weighted by atomic mass is 9.92. The standard InChI is InChI=1S/C26H33N5O3/c1-6-16-30(25(33)27-20-14-10-11-15-21(20)34-5)18-24(32)28-23-17-22(26(2,3)4)29-31(23)19-12-8-7-9-13-19/h7-15,17H,6,16,18H2,1-5H3,(H,27,33)(H,28,32). The van der Waals surface area contributed by atoms with E-state index in [2.05, 4.69) is 31.4 Å². The normalized spacial score (nSPS) is 11.1. The summed E-state index contributed by atoms with van der Waals surface area (Å²) in [5, 5.41) is 10.5. The van der Waals surface area contributed by atoms with Gasteiger partial charge >= 0.3 is 6.03 Å². The second-order valence-corrected chi connectivity index (χ2v) is 9.01. The zero-order valence-electron chi connectivity index (χ0n) is 20.5. The molecule has 0 bridgehead atoms. The number of carbonyl (C=O) groups is 2. The van der Waals surface area contributed by atoms with Gasteiger partial charge in [-0.25, -0.2) is 9.48 Å². The van der Waals surface area contributed by atoms with Crippen LogP contribution < -0.4 is 15.4 Å². The summed E-state index contributed by atoms with van der Waals surface area (Å²) in [5.74, 6) is 0.807. The number of hydrogen-bond acceptors (Lipinski definition) is 4. The zero-order chi connectivity index (χ0) is 24.7. The minimum absolute atomic E-state index is 0.0976. The number of nitrogens with one attached hydrogen (secondary N) is 2. The van der Waals surface area contributed by atoms with Crippen molar-refractivity contribution in [3.05, 3.63) is 66.4 Å². The van der Waals surface area contributed by atoms with Crippen molar-refractivity contribution in [1.82, 2.24) is 14.7 Å². The smallest absolute Gasteiger partial charge is 0.322 e. The van der Waals surface area contributed by atoms with Gasteiger partial charge in [0.05, 0.1) is 24.2 Å². The lowest BCUT2D eigenvalue weighted by Crippen LogP contribution is -2.41. The fourth-order valence-corrected chi connectivity index (χ4v) is 3.42. The molecule has 1 aromatic heterocycles. The number of nitrogens with zero attached hydrogens (tertiary/aromatic N) is 3. The molecule has 3 amide bonds. The Morgan fingerprint density at radius 3 is 2.35 bits per heavy atom. The first-order valence-electron chi connectivity index (χ1n) is 11.4. The lowest BCUT2D eigenvalue weighted by Gasteiger charge is -2.22. The summed E-state index contributed by atoms with van der Waals surface area (Å²) in [7, 11) is 1.55. The van der Waals surface area contributed by atoms with Gasteiger partial charge in [0.15, 0.2) is 0 Å². The molecule has 0 aliphatic rings. The Bertz CT molecular complexity index is 1120. The van der Waals surface area contributed by atoms with Crippen LogP contribution in [0.25, 0.3) is 5.69 Å². The van der Waals surface area contributed by atoms with Gasteiger partial charge in [0.2, 0.25) is 5.91 Å². The maximum atomic E-state index is 13.0. The third-order valence-corrected chi connectivity index (χ3v) is 5.21. The van der Waals surface area contributed by atoms with Crippen LogP contribution in [-0.2, 0) is 10.2 Å². The van der Waals surface area contributed by atoms with Gasteiger partial charge in [-0.2, -0.15) is 5.10 Å². The van der Waals surface area contributed by atoms with Crippen molar-refractivity contribution in [2.45, 2.75) is 39.5 Å². The Balaban J connectivity index is 1.78. The fourth-order valence-electron chi connectivity index (χ4n) is 3.42. The molecule has 0 radical (unpaired) electrons. The molecule has 3 aromatic rings. The van der Waals surface area contributed by atoms with Crippen molar-refractivity contribution in [3.63, 3.8) is 0 Å². The van der Waals surface area contributed by atoms with E-state index in [1.165, 1.54) is 4.90 Å². The summed E-state index contributed by atoms with van der Waals surface area (Å²) < 4.78 is 7.03. The Kier molecular flexibility index (Phi) is 7.94. The summed E-state index contributed by atoms with van der Waals surface area (Å²) in [6.45, 7) is 8.50. The lowest BCUT2D eigenvalue weighted by molar-refractivity contribution is -0.116. The highest BCUT2D eigenvalue weighted by Gasteiger charge is 2.23. The SMILES string of the molecule is CCCN(CC(=O)Nc1cc(C(C)(C)C)nn1-c1ccccc1)C(=O)Nc1ccccc1OC. The van der Waals surface area contributed by atoms with E-state index in [1.807, 2.05) is 55.5 Å². The number of benzene rings is 2. The number of amides is 3. The molecule has 0 spiro atoms. The van der Waals surface area contributed by atoms with E-state index in [-0.39, 0.29) is 23.9 Å². The quantitative estimate of drug-likeness (QED) is 0.489. The molecule has 0 saturated carbocycles. The summed E-state index contributed by atoms with van der Waals surface area (Å²) in [6, 6.07) is 18.3. The highest BCUT2D eigenvalue weighted by atomic mass is 16.5. The Morgan fingerprint density at radius 1 is 1.03 bits per heavy atom. The first-order chi connectivity index (χ1) is 16.2. The van der Waals surface area contributed by atoms with Crippen molar-refractivity contribution in [2.24, 2.45) is 0 Å². The molecular weight excluding hydrogens is 430 g/mol. The van der Waals surface area contributed by atoms with Crippen LogP contribution in [0.1, 0.15) is 39.8 Å². The largest absolute Gasteiger partial charge is 0.495 e. The van der Waals surface area contributed by atoms with Crippen LogP contribution in [0, 0.1) is 0 Å². The minimum atomic E-state index is -0.367. The fraction of sp³-hybridized carbons (Fsp3) is 0.346. The molecule has 0 aliphatic carbocycles. The van der Waals surface area contributed by atoms with Crippen molar-refractivity contribution < 1.29 is 14.3 Å². The highest BCUT2D eigenvalue weighted by molar-refractivity contribution is 5.97. The second-order valence-electron chi connectivity index (χ2n) is 9.01. The average Bonchev–Trinajstić information content (AvgIpc) is 3.24. The average molecular weight is 464 g/mol. The third-order valence-electron chi connectivity index (χ3n) is 5.21. The van der Waals surface area contributed by atoms with Gasteiger partial charge in [-0.1, -0.05) is 58.0 Å². The van der Waals surface area contributed by atoms with Gasteiger partial charge in [0, 0.05) is 18.0 Å². The van der Waals surface area contributed by atoms with Crippen LogP contribution in [0.15, 0.2) is 60.7 Å². The van der Waals surface area contributed by atoms with E-state index in [4.69, 9.17) is 9.84 Å². The first kappa shape index (κ1) is 24.8. The molecule has 8 nitrogen and oxygen atoms in total. The van der Waals surface area contributed by atoms with Crippen molar-refractivity contribution in [2.75, 3.05) is 30.8 Å². The summed E-state index contributed by atoms with van der Waals surface area (Å²) in [6.07, 6.45) is 0.711. The monoisotopic (exact) mass is 463 g/mol. The number of anilines is 2. The van der Waals surface area contributed by atoms with Gasteiger partial charge in [0.25, 0.3) is 0 Å². The molecule has 0 fully saturated rings. The molecule has 1 heterocycles. The minimum Gasteiger partial charge on any atom is -0.495 e. The summed E-state index contributed by atoms with van der Waals surface area (Å²) in [4.78, 5) is 27.4. The van der Waals surface area contributed by atoms with Gasteiger partial charge in [-0.05, 0) is 30.7 Å². The number of rotatable bonds is 8. The molecule has 8 heteroatoms. The third kappa shape index (κ3) is 6.15. The van der Waals surface area contributed by atoms with Crippen LogP contribution in [0.2, 0.25) is 0 Å². The van der Waals surface area contributed by atoms with E-state index < -0.39 is 0 Å². The predicted molar refractivity (Wildman–Crippen MR) is 135 cm³/mol. The molecule has 0 aliphatic heterocycles. The Labute approximate surface area is 200 Å². The van der Waals surface area contributed by atoms with E-state index in [9.17, 15) is 9.59 Å². The van der Waals surface area contributed by atoms with Gasteiger partial charge in [-0.3, -0.25) is 4.79 Å². The topological polar surface area (TPSA) is 88.5 Å². The van der Waals surface area contributed by atoms with Crippen LogP contribution in [-0.4, -0.2) is 46.8 Å². The van der Waals surface area contributed by atoms with Gasteiger partial charge in [0.1, 0.15) is 18.1 Å². The van der Waals surface area contributed by atoms with Crippen molar-refractivity contribution in [1.29, 1.82) is 0 Å². The number of carbonyl (C=O) groups excluding carboxylic acids is 2. The first-order valence-corrected chi connectivity index (χ1v) is 11.4. The van der Waals surface area contributed by atoms with Crippen LogP contribution in [0.3, 0.4) is 0 Å². The second kappa shape index (κ2) is 10.9. The Hall–Kier alpha value is -3.81. The van der Waals surface area contributed by atoms with Crippen LogP contribution >= 0.6 is 0 Å². The van der Waals surface area contributed by atoms with Crippen molar-refractivity contribution >= 4 is 23.4 Å². The predicted octanol–water partition coefficient (Wildman–Crippen LogP) is 5.06. The number of methoxy groups -OCH3 is 1. The van der Waals surface area contributed by atoms with Crippen LogP contribution in [0.5, 0.6) is 5.75 Å². The van der Waals surface area contributed by atoms with Crippen LogP contribution in [0.4, 0.5) is 16.3 Å². The molecule has 34 heavy (non-hydrogen) atoms. The molecule has 3 rings (SSSR count). The molecule has 0 saturated heterocycles. The summed E-state index contributed by atoms with van der Waals surface area (Å²) >= 11 is 0. The van der Waals surface area contributed by atoms with Crippen molar-refractivity contribution in [3.8, 4) is 11.4 Å². The number of hydrogen-bond donors (Lipinski definition) is 2. The van der Waals surface area contributed by atoms with Gasteiger partial charge < -0.3 is 20.3 Å². The molecule has 180 valence electrons. The molecule has 2 aromatic carbocycles. The van der Waals surface area contributed by atoms with E-state index in [1.54, 1.807) is 23.9 Å². The van der Waals surface area contributed by atoms with Gasteiger partial charge in [-0.15, -0.1) is 0 Å². The molecule has 0 atom stereocenters. The van der Waals surface area contributed by atoms with E-state index >= 15 is 0 Å². The number of aromatic nitrogens is 2. The highest BCUT2D eigenvalue weighted by Crippen LogP contribution is 2.26. The molecular formula is C26H33N5O3. The maximum Gasteiger partial charge on any atom is 0.322 e. The number of urea groups is 1. The summed E-state index contributed by atoms with van der Waals surface area (Å²) in [5.41, 5.74) is 2.05. The number of ether oxygens (including phenoxy) is 1. The number of para-hydroxylation sites is 3. The Morgan fingerprint density at radius 2 is 1.71 bits per heavy atom. The van der Waals surface area contributed by atoms with E-state index in [0.29, 0.717) is 30.2 Å². The molecule has 0 unspecified atom stereocenters.